The number of hydrogen-bond acceptors (Lipinski definition) is 3. The van der Waals surface area contributed by atoms with Crippen molar-refractivity contribution in [2.75, 3.05) is 0 Å². The van der Waals surface area contributed by atoms with E-state index in [0.29, 0.717) is 12.8 Å². The smallest absolute Gasteiger partial charge is 0.410 e. The average molecular weight is 329 g/mol. The number of ether oxygens (including phenoxy) is 1. The van der Waals surface area contributed by atoms with Crippen LogP contribution in [-0.4, -0.2) is 33.8 Å². The zero-order valence-electron chi connectivity index (χ0n) is 14.8. The number of rotatable bonds is 2. The van der Waals surface area contributed by atoms with Crippen molar-refractivity contribution >= 4 is 12.2 Å². The van der Waals surface area contributed by atoms with E-state index < -0.39 is 11.2 Å². The molecule has 2 atom stereocenters. The van der Waals surface area contributed by atoms with Gasteiger partial charge in [-0.2, -0.15) is 0 Å². The first kappa shape index (κ1) is 17.0. The van der Waals surface area contributed by atoms with Crippen molar-refractivity contribution in [3.63, 3.8) is 0 Å². The molecule has 2 heterocycles. The SMILES string of the molecule is C=Cc1ccc(C2(O)CC3CCC(C2)N3C(=O)OC(C)(C)C)cc1. The molecular weight excluding hydrogens is 302 g/mol. The summed E-state index contributed by atoms with van der Waals surface area (Å²) in [6.07, 6.45) is 4.53. The van der Waals surface area contributed by atoms with E-state index in [-0.39, 0.29) is 18.2 Å². The predicted molar refractivity (Wildman–Crippen MR) is 94.5 cm³/mol. The summed E-state index contributed by atoms with van der Waals surface area (Å²) in [7, 11) is 0. The molecule has 0 spiro atoms. The van der Waals surface area contributed by atoms with Crippen LogP contribution in [0.3, 0.4) is 0 Å². The van der Waals surface area contributed by atoms with Crippen LogP contribution >= 0.6 is 0 Å². The van der Waals surface area contributed by atoms with Crippen LogP contribution in [0.15, 0.2) is 30.8 Å². The van der Waals surface area contributed by atoms with Crippen LogP contribution in [0.2, 0.25) is 0 Å². The summed E-state index contributed by atoms with van der Waals surface area (Å²) in [6, 6.07) is 7.98. The van der Waals surface area contributed by atoms with Gasteiger partial charge in [0.05, 0.1) is 5.60 Å². The van der Waals surface area contributed by atoms with Crippen molar-refractivity contribution in [3.05, 3.63) is 42.0 Å². The Kier molecular flexibility index (Phi) is 4.20. The summed E-state index contributed by atoms with van der Waals surface area (Å²) in [4.78, 5) is 14.4. The number of carbonyl (C=O) groups excluding carboxylic acids is 1. The number of fused-ring (bicyclic) bond motifs is 2. The highest BCUT2D eigenvalue weighted by molar-refractivity contribution is 5.70. The van der Waals surface area contributed by atoms with Gasteiger partial charge in [-0.05, 0) is 44.7 Å². The molecule has 24 heavy (non-hydrogen) atoms. The molecule has 1 aromatic rings. The number of hydrogen-bond donors (Lipinski definition) is 1. The van der Waals surface area contributed by atoms with Gasteiger partial charge in [-0.1, -0.05) is 36.9 Å². The molecule has 2 aliphatic heterocycles. The van der Waals surface area contributed by atoms with Crippen molar-refractivity contribution in [2.24, 2.45) is 0 Å². The molecule has 0 aromatic heterocycles. The van der Waals surface area contributed by atoms with Gasteiger partial charge in [-0.25, -0.2) is 4.79 Å². The van der Waals surface area contributed by atoms with E-state index in [2.05, 4.69) is 6.58 Å². The quantitative estimate of drug-likeness (QED) is 0.889. The number of carbonyl (C=O) groups is 1. The van der Waals surface area contributed by atoms with Crippen LogP contribution in [0.5, 0.6) is 0 Å². The van der Waals surface area contributed by atoms with Gasteiger partial charge < -0.3 is 14.7 Å². The van der Waals surface area contributed by atoms with Gasteiger partial charge in [-0.15, -0.1) is 0 Å². The maximum Gasteiger partial charge on any atom is 0.410 e. The Balaban J connectivity index is 1.78. The number of amides is 1. The Morgan fingerprint density at radius 2 is 1.79 bits per heavy atom. The molecular formula is C20H27NO3. The molecule has 0 aliphatic carbocycles. The van der Waals surface area contributed by atoms with Crippen molar-refractivity contribution in [1.82, 2.24) is 4.90 Å². The minimum Gasteiger partial charge on any atom is -0.444 e. The van der Waals surface area contributed by atoms with Crippen LogP contribution in [-0.2, 0) is 10.3 Å². The molecule has 0 radical (unpaired) electrons. The van der Waals surface area contributed by atoms with Crippen molar-refractivity contribution in [1.29, 1.82) is 0 Å². The maximum atomic E-state index is 12.5. The Hall–Kier alpha value is -1.81. The Morgan fingerprint density at radius 1 is 1.25 bits per heavy atom. The largest absolute Gasteiger partial charge is 0.444 e. The van der Waals surface area contributed by atoms with Crippen LogP contribution < -0.4 is 0 Å². The van der Waals surface area contributed by atoms with Gasteiger partial charge in [0.2, 0.25) is 0 Å². The molecule has 0 saturated carbocycles. The van der Waals surface area contributed by atoms with Gasteiger partial charge in [0.25, 0.3) is 0 Å². The fourth-order valence-corrected chi connectivity index (χ4v) is 4.00. The summed E-state index contributed by atoms with van der Waals surface area (Å²) in [6.45, 7) is 9.41. The van der Waals surface area contributed by atoms with Crippen molar-refractivity contribution in [2.45, 2.75) is 69.7 Å². The van der Waals surface area contributed by atoms with Crippen LogP contribution in [0.25, 0.3) is 6.08 Å². The van der Waals surface area contributed by atoms with Crippen molar-refractivity contribution < 1.29 is 14.6 Å². The molecule has 1 amide bonds. The zero-order chi connectivity index (χ0) is 17.5. The molecule has 2 aliphatic rings. The van der Waals surface area contributed by atoms with E-state index in [0.717, 1.165) is 24.0 Å². The lowest BCUT2D eigenvalue weighted by atomic mass is 9.80. The van der Waals surface area contributed by atoms with E-state index in [1.165, 1.54) is 0 Å². The average Bonchev–Trinajstić information content (AvgIpc) is 2.79. The van der Waals surface area contributed by atoms with Gasteiger partial charge in [-0.3, -0.25) is 0 Å². The highest BCUT2D eigenvalue weighted by Crippen LogP contribution is 2.46. The highest BCUT2D eigenvalue weighted by Gasteiger charge is 2.50. The second-order valence-corrected chi connectivity index (χ2v) is 8.04. The third-order valence-corrected chi connectivity index (χ3v) is 5.05. The van der Waals surface area contributed by atoms with Crippen LogP contribution in [0.1, 0.15) is 57.6 Å². The minimum atomic E-state index is -0.871. The monoisotopic (exact) mass is 329 g/mol. The Labute approximate surface area is 144 Å². The molecule has 1 aromatic carbocycles. The lowest BCUT2D eigenvalue weighted by Crippen LogP contribution is -2.53. The first-order chi connectivity index (χ1) is 11.2. The van der Waals surface area contributed by atoms with Gasteiger partial charge in [0, 0.05) is 24.9 Å². The second-order valence-electron chi connectivity index (χ2n) is 8.04. The maximum absolute atomic E-state index is 12.5. The molecule has 2 saturated heterocycles. The first-order valence-corrected chi connectivity index (χ1v) is 8.68. The fourth-order valence-electron chi connectivity index (χ4n) is 4.00. The van der Waals surface area contributed by atoms with Crippen LogP contribution in [0, 0.1) is 0 Å². The lowest BCUT2D eigenvalue weighted by Gasteiger charge is -2.44. The summed E-state index contributed by atoms with van der Waals surface area (Å²) in [5.41, 5.74) is 0.597. The molecule has 1 N–H and O–H groups in total. The Bertz CT molecular complexity index is 615. The van der Waals surface area contributed by atoms with E-state index in [9.17, 15) is 9.90 Å². The number of piperidine rings is 1. The molecule has 4 heteroatoms. The third kappa shape index (κ3) is 3.20. The number of benzene rings is 1. The number of aliphatic hydroxyl groups is 1. The van der Waals surface area contributed by atoms with Gasteiger partial charge in [0.15, 0.2) is 0 Å². The molecule has 2 bridgehead atoms. The highest BCUT2D eigenvalue weighted by atomic mass is 16.6. The van der Waals surface area contributed by atoms with E-state index in [1.54, 1.807) is 6.08 Å². The molecule has 2 fully saturated rings. The molecule has 4 nitrogen and oxygen atoms in total. The van der Waals surface area contributed by atoms with E-state index >= 15 is 0 Å². The predicted octanol–water partition coefficient (Wildman–Crippen LogP) is 4.08. The normalized spacial score (nSPS) is 29.4. The number of nitrogens with zero attached hydrogens (tertiary/aromatic N) is 1. The lowest BCUT2D eigenvalue weighted by molar-refractivity contribution is -0.0624. The minimum absolute atomic E-state index is 0.0441. The van der Waals surface area contributed by atoms with E-state index in [1.807, 2.05) is 49.9 Å². The van der Waals surface area contributed by atoms with Crippen molar-refractivity contribution in [3.8, 4) is 0 Å². The zero-order valence-corrected chi connectivity index (χ0v) is 14.8. The van der Waals surface area contributed by atoms with Gasteiger partial charge >= 0.3 is 6.09 Å². The van der Waals surface area contributed by atoms with E-state index in [4.69, 9.17) is 4.74 Å². The molecule has 130 valence electrons. The molecule has 2 unspecified atom stereocenters. The third-order valence-electron chi connectivity index (χ3n) is 5.05. The first-order valence-electron chi connectivity index (χ1n) is 8.68. The summed E-state index contributed by atoms with van der Waals surface area (Å²) in [5.74, 6) is 0. The summed E-state index contributed by atoms with van der Waals surface area (Å²) in [5, 5.41) is 11.2. The molecule has 3 rings (SSSR count). The van der Waals surface area contributed by atoms with Gasteiger partial charge in [0.1, 0.15) is 5.60 Å². The fraction of sp³-hybridized carbons (Fsp3) is 0.550. The second kappa shape index (κ2) is 5.92. The summed E-state index contributed by atoms with van der Waals surface area (Å²) >= 11 is 0. The topological polar surface area (TPSA) is 49.8 Å². The van der Waals surface area contributed by atoms with Crippen LogP contribution in [0.4, 0.5) is 4.79 Å². The standard InChI is InChI=1S/C20H27NO3/c1-5-14-6-8-15(9-7-14)20(23)12-16-10-11-17(13-20)21(16)18(22)24-19(2,3)4/h5-9,16-17,23H,1,10-13H2,2-4H3. The summed E-state index contributed by atoms with van der Waals surface area (Å²) < 4.78 is 5.56. The Morgan fingerprint density at radius 3 is 2.25 bits per heavy atom.